The molecule has 0 saturated heterocycles. The van der Waals surface area contributed by atoms with Gasteiger partial charge in [0.1, 0.15) is 11.5 Å². The largest absolute Gasteiger partial charge is 0.370 e. The third-order valence-electron chi connectivity index (χ3n) is 2.98. The van der Waals surface area contributed by atoms with Crippen molar-refractivity contribution in [2.24, 2.45) is 0 Å². The summed E-state index contributed by atoms with van der Waals surface area (Å²) in [6.45, 7) is 9.83. The van der Waals surface area contributed by atoms with Crippen LogP contribution < -0.4 is 5.32 Å². The number of hydrogen-bond acceptors (Lipinski definition) is 4. The molecule has 0 unspecified atom stereocenters. The summed E-state index contributed by atoms with van der Waals surface area (Å²) in [5.74, 6) is 1.64. The Balaban J connectivity index is 2.52. The van der Waals surface area contributed by atoms with Gasteiger partial charge in [0.25, 0.3) is 0 Å². The van der Waals surface area contributed by atoms with Crippen molar-refractivity contribution in [3.8, 4) is 11.5 Å². The second kappa shape index (κ2) is 5.16. The molecular weight excluding hydrogens is 226 g/mol. The summed E-state index contributed by atoms with van der Waals surface area (Å²) in [6, 6.07) is 1.95. The molecule has 0 aromatic carbocycles. The minimum absolute atomic E-state index is 0.730. The summed E-state index contributed by atoms with van der Waals surface area (Å²) in [5.41, 5.74) is 3.06. The predicted molar refractivity (Wildman–Crippen MR) is 72.6 cm³/mol. The van der Waals surface area contributed by atoms with Crippen LogP contribution >= 0.6 is 0 Å². The number of rotatable bonds is 4. The zero-order valence-electron chi connectivity index (χ0n) is 11.4. The molecule has 0 bridgehead atoms. The molecule has 0 radical (unpaired) electrons. The number of nitrogens with one attached hydrogen (secondary N) is 1. The van der Waals surface area contributed by atoms with Crippen LogP contribution in [0.2, 0.25) is 0 Å². The van der Waals surface area contributed by atoms with Gasteiger partial charge in [0.05, 0.1) is 0 Å². The van der Waals surface area contributed by atoms with E-state index in [0.29, 0.717) is 0 Å². The third-order valence-corrected chi connectivity index (χ3v) is 2.98. The number of nitrogens with zero attached hydrogens (tertiary/aromatic N) is 4. The minimum atomic E-state index is 0.730. The van der Waals surface area contributed by atoms with E-state index in [-0.39, 0.29) is 0 Å². The van der Waals surface area contributed by atoms with Gasteiger partial charge in [-0.15, -0.1) is 0 Å². The molecule has 1 N–H and O–H groups in total. The molecule has 2 aromatic heterocycles. The summed E-state index contributed by atoms with van der Waals surface area (Å²) < 4.78 is 1.90. The Morgan fingerprint density at radius 2 is 2.00 bits per heavy atom. The van der Waals surface area contributed by atoms with Crippen LogP contribution in [0.1, 0.15) is 25.1 Å². The first kappa shape index (κ1) is 12.5. The molecule has 0 amide bonds. The van der Waals surface area contributed by atoms with E-state index >= 15 is 0 Å². The molecule has 5 nitrogen and oxygen atoms in total. The highest BCUT2D eigenvalue weighted by Crippen LogP contribution is 2.21. The highest BCUT2D eigenvalue weighted by molar-refractivity contribution is 5.56. The highest BCUT2D eigenvalue weighted by atomic mass is 15.3. The maximum absolute atomic E-state index is 4.59. The van der Waals surface area contributed by atoms with Gasteiger partial charge < -0.3 is 5.32 Å². The van der Waals surface area contributed by atoms with E-state index in [0.717, 1.165) is 41.7 Å². The summed E-state index contributed by atoms with van der Waals surface area (Å²) >= 11 is 0. The quantitative estimate of drug-likeness (QED) is 0.898. The van der Waals surface area contributed by atoms with Crippen LogP contribution in [0.15, 0.2) is 12.3 Å². The number of hydrogen-bond donors (Lipinski definition) is 1. The van der Waals surface area contributed by atoms with E-state index < -0.39 is 0 Å². The van der Waals surface area contributed by atoms with Crippen molar-refractivity contribution in [1.29, 1.82) is 0 Å². The lowest BCUT2D eigenvalue weighted by Crippen LogP contribution is -2.08. The monoisotopic (exact) mass is 245 g/mol. The van der Waals surface area contributed by atoms with Crippen molar-refractivity contribution in [2.45, 2.75) is 34.2 Å². The summed E-state index contributed by atoms with van der Waals surface area (Å²) in [5, 5.41) is 7.53. The molecule has 2 aromatic rings. The van der Waals surface area contributed by atoms with Crippen molar-refractivity contribution in [3.63, 3.8) is 0 Å². The Hall–Kier alpha value is -1.91. The van der Waals surface area contributed by atoms with Gasteiger partial charge in [-0.2, -0.15) is 5.10 Å². The van der Waals surface area contributed by atoms with Gasteiger partial charge >= 0.3 is 0 Å². The van der Waals surface area contributed by atoms with E-state index in [1.807, 2.05) is 24.6 Å². The van der Waals surface area contributed by atoms with Gasteiger partial charge in [0.2, 0.25) is 0 Å². The second-order valence-corrected chi connectivity index (χ2v) is 4.17. The lowest BCUT2D eigenvalue weighted by molar-refractivity contribution is 0.663. The Kier molecular flexibility index (Phi) is 3.60. The fourth-order valence-corrected chi connectivity index (χ4v) is 1.86. The zero-order chi connectivity index (χ0) is 13.1. The lowest BCUT2D eigenvalue weighted by atomic mass is 10.2. The summed E-state index contributed by atoms with van der Waals surface area (Å²) in [6.07, 6.45) is 1.78. The van der Waals surface area contributed by atoms with Crippen LogP contribution in [0, 0.1) is 13.8 Å². The first-order valence-corrected chi connectivity index (χ1v) is 6.28. The average Bonchev–Trinajstić information content (AvgIpc) is 2.83. The van der Waals surface area contributed by atoms with Crippen LogP contribution in [-0.4, -0.2) is 26.3 Å². The van der Waals surface area contributed by atoms with Gasteiger partial charge in [-0.1, -0.05) is 0 Å². The standard InChI is InChI=1S/C13H19N5/c1-5-14-12-9(3)10(4)16-13(17-12)11-7-8-15-18(11)6-2/h7-8H,5-6H2,1-4H3,(H,14,16,17). The SMILES string of the molecule is CCNc1nc(-c2ccnn2CC)nc(C)c1C. The minimum Gasteiger partial charge on any atom is -0.370 e. The maximum atomic E-state index is 4.59. The van der Waals surface area contributed by atoms with Crippen LogP contribution in [0.25, 0.3) is 11.5 Å². The number of aryl methyl sites for hydroxylation is 2. The summed E-state index contributed by atoms with van der Waals surface area (Å²) in [4.78, 5) is 9.15. The third kappa shape index (κ3) is 2.20. The maximum Gasteiger partial charge on any atom is 0.180 e. The van der Waals surface area contributed by atoms with Gasteiger partial charge in [-0.3, -0.25) is 4.68 Å². The predicted octanol–water partition coefficient (Wildman–Crippen LogP) is 2.41. The molecular formula is C13H19N5. The van der Waals surface area contributed by atoms with Crippen LogP contribution in [-0.2, 0) is 6.54 Å². The number of anilines is 1. The molecule has 96 valence electrons. The van der Waals surface area contributed by atoms with Crippen molar-refractivity contribution in [3.05, 3.63) is 23.5 Å². The van der Waals surface area contributed by atoms with Crippen LogP contribution in [0.3, 0.4) is 0 Å². The van der Waals surface area contributed by atoms with Crippen molar-refractivity contribution < 1.29 is 0 Å². The Morgan fingerprint density at radius 1 is 1.22 bits per heavy atom. The van der Waals surface area contributed by atoms with Gasteiger partial charge in [-0.25, -0.2) is 9.97 Å². The molecule has 0 aliphatic carbocycles. The molecule has 0 atom stereocenters. The first-order valence-electron chi connectivity index (χ1n) is 6.28. The molecule has 0 saturated carbocycles. The van der Waals surface area contributed by atoms with E-state index in [1.54, 1.807) is 6.20 Å². The average molecular weight is 245 g/mol. The zero-order valence-corrected chi connectivity index (χ0v) is 11.4. The van der Waals surface area contributed by atoms with E-state index in [4.69, 9.17) is 0 Å². The second-order valence-electron chi connectivity index (χ2n) is 4.17. The fraction of sp³-hybridized carbons (Fsp3) is 0.462. The molecule has 0 spiro atoms. The van der Waals surface area contributed by atoms with E-state index in [2.05, 4.69) is 34.2 Å². The fourth-order valence-electron chi connectivity index (χ4n) is 1.86. The molecule has 2 rings (SSSR count). The van der Waals surface area contributed by atoms with Crippen molar-refractivity contribution in [2.75, 3.05) is 11.9 Å². The Morgan fingerprint density at radius 3 is 2.67 bits per heavy atom. The molecule has 5 heteroatoms. The molecule has 0 aliphatic rings. The van der Waals surface area contributed by atoms with Crippen molar-refractivity contribution in [1.82, 2.24) is 19.7 Å². The van der Waals surface area contributed by atoms with E-state index in [1.165, 1.54) is 0 Å². The lowest BCUT2D eigenvalue weighted by Gasteiger charge is -2.11. The molecule has 0 aliphatic heterocycles. The highest BCUT2D eigenvalue weighted by Gasteiger charge is 2.12. The van der Waals surface area contributed by atoms with Gasteiger partial charge in [-0.05, 0) is 33.8 Å². The van der Waals surface area contributed by atoms with Crippen molar-refractivity contribution >= 4 is 5.82 Å². The normalized spacial score (nSPS) is 10.7. The molecule has 18 heavy (non-hydrogen) atoms. The Labute approximate surface area is 107 Å². The Bertz CT molecular complexity index is 544. The molecule has 0 fully saturated rings. The molecule has 2 heterocycles. The van der Waals surface area contributed by atoms with Gasteiger partial charge in [0, 0.05) is 30.5 Å². The van der Waals surface area contributed by atoms with E-state index in [9.17, 15) is 0 Å². The van der Waals surface area contributed by atoms with Crippen LogP contribution in [0.4, 0.5) is 5.82 Å². The summed E-state index contributed by atoms with van der Waals surface area (Å²) in [7, 11) is 0. The van der Waals surface area contributed by atoms with Crippen LogP contribution in [0.5, 0.6) is 0 Å². The topological polar surface area (TPSA) is 55.6 Å². The first-order chi connectivity index (χ1) is 8.67. The number of aromatic nitrogens is 4. The smallest absolute Gasteiger partial charge is 0.180 e. The van der Waals surface area contributed by atoms with Gasteiger partial charge in [0.15, 0.2) is 5.82 Å².